The van der Waals surface area contributed by atoms with Crippen molar-refractivity contribution in [2.45, 2.75) is 6.10 Å². The minimum absolute atomic E-state index is 0.0389. The summed E-state index contributed by atoms with van der Waals surface area (Å²) in [5.41, 5.74) is 5.43. The summed E-state index contributed by atoms with van der Waals surface area (Å²) in [5, 5.41) is 0. The molecule has 0 heterocycles. The Bertz CT molecular complexity index is 126. The quantitative estimate of drug-likeness (QED) is 0.432. The second-order valence-corrected chi connectivity index (χ2v) is 2.31. The molecular weight excluding hydrogens is 154 g/mol. The van der Waals surface area contributed by atoms with E-state index in [1.165, 1.54) is 0 Å². The van der Waals surface area contributed by atoms with Gasteiger partial charge in [0.25, 0.3) is 0 Å². The Morgan fingerprint density at radius 1 is 1.25 bits per heavy atom. The molecule has 1 atom stereocenters. The fourth-order valence-corrected chi connectivity index (χ4v) is 0.671. The van der Waals surface area contributed by atoms with E-state index in [4.69, 9.17) is 15.2 Å². The number of hydrogen-bond acceptors (Lipinski definition) is 3. The molecule has 70 valence electrons. The lowest BCUT2D eigenvalue weighted by Crippen LogP contribution is -2.28. The van der Waals surface area contributed by atoms with E-state index in [-0.39, 0.29) is 6.10 Å². The van der Waals surface area contributed by atoms with E-state index in [0.717, 1.165) is 0 Å². The van der Waals surface area contributed by atoms with Crippen LogP contribution in [-0.4, -0.2) is 32.5 Å². The van der Waals surface area contributed by atoms with E-state index < -0.39 is 0 Å². The van der Waals surface area contributed by atoms with Crippen LogP contribution in [-0.2, 0) is 9.47 Å². The van der Waals surface area contributed by atoms with Gasteiger partial charge in [0.2, 0.25) is 0 Å². The molecule has 3 nitrogen and oxygen atoms in total. The second kappa shape index (κ2) is 8.46. The van der Waals surface area contributed by atoms with Gasteiger partial charge in [-0.15, -0.1) is 13.2 Å². The molecule has 0 aliphatic rings. The summed E-state index contributed by atoms with van der Waals surface area (Å²) >= 11 is 0. The molecule has 0 aliphatic heterocycles. The summed E-state index contributed by atoms with van der Waals surface area (Å²) in [6.45, 7) is 9.10. The summed E-state index contributed by atoms with van der Waals surface area (Å²) in [4.78, 5) is 0. The van der Waals surface area contributed by atoms with E-state index in [2.05, 4.69) is 13.2 Å². The average molecular weight is 171 g/mol. The first kappa shape index (κ1) is 11.4. The third-order valence-corrected chi connectivity index (χ3v) is 1.25. The predicted octanol–water partition coefficient (Wildman–Crippen LogP) is 0.719. The molecule has 0 aromatic rings. The molecule has 0 fully saturated rings. The Balaban J connectivity index is 3.38. The standard InChI is InChI=1S/C9H17NO2/c1-3-5-11-8-9(7-10)12-6-4-2/h3-4,9H,1-2,5-8,10H2. The fourth-order valence-electron chi connectivity index (χ4n) is 0.671. The molecule has 0 spiro atoms. The van der Waals surface area contributed by atoms with Crippen LogP contribution in [0.1, 0.15) is 0 Å². The maximum absolute atomic E-state index is 5.43. The number of ether oxygens (including phenoxy) is 2. The Hall–Kier alpha value is -0.640. The van der Waals surface area contributed by atoms with Crippen LogP contribution in [0.15, 0.2) is 25.3 Å². The molecule has 0 rings (SSSR count). The Labute approximate surface area is 73.8 Å². The van der Waals surface area contributed by atoms with Crippen molar-refractivity contribution in [1.82, 2.24) is 0 Å². The maximum Gasteiger partial charge on any atom is 0.0934 e. The van der Waals surface area contributed by atoms with Gasteiger partial charge in [-0.3, -0.25) is 0 Å². The van der Waals surface area contributed by atoms with Crippen LogP contribution in [0, 0.1) is 0 Å². The van der Waals surface area contributed by atoms with E-state index in [1.54, 1.807) is 12.2 Å². The van der Waals surface area contributed by atoms with Crippen LogP contribution in [0.4, 0.5) is 0 Å². The molecular formula is C9H17NO2. The van der Waals surface area contributed by atoms with Gasteiger partial charge in [-0.05, 0) is 0 Å². The highest BCUT2D eigenvalue weighted by molar-refractivity contribution is 4.68. The predicted molar refractivity (Wildman–Crippen MR) is 50.0 cm³/mol. The number of nitrogens with two attached hydrogens (primary N) is 1. The van der Waals surface area contributed by atoms with Gasteiger partial charge in [0.05, 0.1) is 25.9 Å². The first-order chi connectivity index (χ1) is 5.85. The molecule has 2 N–H and O–H groups in total. The van der Waals surface area contributed by atoms with Crippen molar-refractivity contribution in [3.05, 3.63) is 25.3 Å². The topological polar surface area (TPSA) is 44.5 Å². The van der Waals surface area contributed by atoms with E-state index in [0.29, 0.717) is 26.4 Å². The zero-order valence-electron chi connectivity index (χ0n) is 7.37. The van der Waals surface area contributed by atoms with Crippen molar-refractivity contribution in [3.8, 4) is 0 Å². The zero-order chi connectivity index (χ0) is 9.23. The Morgan fingerprint density at radius 2 is 1.92 bits per heavy atom. The fraction of sp³-hybridized carbons (Fsp3) is 0.556. The molecule has 0 saturated heterocycles. The molecule has 0 radical (unpaired) electrons. The highest BCUT2D eigenvalue weighted by Gasteiger charge is 2.04. The molecule has 0 aromatic heterocycles. The SMILES string of the molecule is C=CCOCC(CN)OCC=C. The van der Waals surface area contributed by atoms with Gasteiger partial charge in [-0.25, -0.2) is 0 Å². The van der Waals surface area contributed by atoms with Crippen LogP contribution in [0.5, 0.6) is 0 Å². The molecule has 0 aromatic carbocycles. The van der Waals surface area contributed by atoms with Gasteiger partial charge in [-0.1, -0.05) is 12.2 Å². The Kier molecular flexibility index (Phi) is 8.01. The largest absolute Gasteiger partial charge is 0.375 e. The van der Waals surface area contributed by atoms with Crippen LogP contribution >= 0.6 is 0 Å². The minimum atomic E-state index is -0.0389. The first-order valence-corrected chi connectivity index (χ1v) is 3.96. The van der Waals surface area contributed by atoms with Gasteiger partial charge in [0, 0.05) is 6.54 Å². The van der Waals surface area contributed by atoms with Gasteiger partial charge < -0.3 is 15.2 Å². The molecule has 0 amide bonds. The molecule has 0 saturated carbocycles. The van der Waals surface area contributed by atoms with Crippen molar-refractivity contribution in [1.29, 1.82) is 0 Å². The number of rotatable bonds is 8. The van der Waals surface area contributed by atoms with Crippen molar-refractivity contribution in [3.63, 3.8) is 0 Å². The van der Waals surface area contributed by atoms with Gasteiger partial charge in [0.15, 0.2) is 0 Å². The maximum atomic E-state index is 5.43. The highest BCUT2D eigenvalue weighted by Crippen LogP contribution is 1.91. The average Bonchev–Trinajstić information content (AvgIpc) is 2.11. The molecule has 0 aliphatic carbocycles. The van der Waals surface area contributed by atoms with Crippen molar-refractivity contribution >= 4 is 0 Å². The third kappa shape index (κ3) is 6.09. The van der Waals surface area contributed by atoms with Crippen LogP contribution in [0.2, 0.25) is 0 Å². The summed E-state index contributed by atoms with van der Waals surface area (Å²) in [7, 11) is 0. The van der Waals surface area contributed by atoms with Gasteiger partial charge >= 0.3 is 0 Å². The van der Waals surface area contributed by atoms with E-state index in [1.807, 2.05) is 0 Å². The lowest BCUT2D eigenvalue weighted by atomic mass is 10.4. The minimum Gasteiger partial charge on any atom is -0.375 e. The normalized spacial score (nSPS) is 12.4. The summed E-state index contributed by atoms with van der Waals surface area (Å²) in [5.74, 6) is 0. The van der Waals surface area contributed by atoms with Gasteiger partial charge in [-0.2, -0.15) is 0 Å². The van der Waals surface area contributed by atoms with Gasteiger partial charge in [0.1, 0.15) is 0 Å². The number of hydrogen-bond donors (Lipinski definition) is 1. The summed E-state index contributed by atoms with van der Waals surface area (Å²) in [6, 6.07) is 0. The smallest absolute Gasteiger partial charge is 0.0934 e. The lowest BCUT2D eigenvalue weighted by molar-refractivity contribution is 0.00744. The molecule has 1 unspecified atom stereocenters. The second-order valence-electron chi connectivity index (χ2n) is 2.31. The van der Waals surface area contributed by atoms with Crippen LogP contribution in [0.3, 0.4) is 0 Å². The van der Waals surface area contributed by atoms with Crippen molar-refractivity contribution in [2.24, 2.45) is 5.73 Å². The van der Waals surface area contributed by atoms with Crippen LogP contribution in [0.25, 0.3) is 0 Å². The summed E-state index contributed by atoms with van der Waals surface area (Å²) < 4.78 is 10.5. The molecule has 0 bridgehead atoms. The van der Waals surface area contributed by atoms with E-state index in [9.17, 15) is 0 Å². The molecule has 3 heteroatoms. The zero-order valence-corrected chi connectivity index (χ0v) is 7.37. The summed E-state index contributed by atoms with van der Waals surface area (Å²) in [6.07, 6.45) is 3.35. The first-order valence-electron chi connectivity index (χ1n) is 3.96. The Morgan fingerprint density at radius 3 is 2.42 bits per heavy atom. The lowest BCUT2D eigenvalue weighted by Gasteiger charge is -2.13. The monoisotopic (exact) mass is 171 g/mol. The van der Waals surface area contributed by atoms with Crippen molar-refractivity contribution in [2.75, 3.05) is 26.4 Å². The molecule has 12 heavy (non-hydrogen) atoms. The highest BCUT2D eigenvalue weighted by atomic mass is 16.5. The third-order valence-electron chi connectivity index (χ3n) is 1.25. The van der Waals surface area contributed by atoms with E-state index >= 15 is 0 Å². The van der Waals surface area contributed by atoms with Crippen LogP contribution < -0.4 is 5.73 Å². The van der Waals surface area contributed by atoms with Crippen molar-refractivity contribution < 1.29 is 9.47 Å².